The van der Waals surface area contributed by atoms with Gasteiger partial charge in [-0.15, -0.1) is 45.9 Å². The Morgan fingerprint density at radius 3 is 2.88 bits per heavy atom. The number of rotatable bonds is 6. The molecule has 2 aromatic rings. The van der Waals surface area contributed by atoms with Gasteiger partial charge in [0.1, 0.15) is 5.82 Å². The Morgan fingerprint density at radius 1 is 1.25 bits per heavy atom. The van der Waals surface area contributed by atoms with Crippen LogP contribution in [0.25, 0.3) is 0 Å². The van der Waals surface area contributed by atoms with Crippen molar-refractivity contribution >= 4 is 41.7 Å². The molecule has 1 aliphatic rings. The van der Waals surface area contributed by atoms with Crippen molar-refractivity contribution in [3.63, 3.8) is 0 Å². The van der Waals surface area contributed by atoms with E-state index < -0.39 is 0 Å². The van der Waals surface area contributed by atoms with E-state index in [1.807, 2.05) is 17.8 Å². The third-order valence-corrected chi connectivity index (χ3v) is 4.74. The first-order valence-electron chi connectivity index (χ1n) is 7.90. The Bertz CT molecular complexity index is 658. The molecule has 2 heterocycles. The van der Waals surface area contributed by atoms with Crippen molar-refractivity contribution in [2.75, 3.05) is 19.3 Å². The number of aryl methyl sites for hydroxylation is 1. The molecule has 0 fully saturated rings. The number of aliphatic imine (C=N–C) groups is 1. The predicted octanol–water partition coefficient (Wildman–Crippen LogP) is 2.30. The van der Waals surface area contributed by atoms with E-state index in [0.717, 1.165) is 42.9 Å². The summed E-state index contributed by atoms with van der Waals surface area (Å²) in [6.07, 6.45) is 2.21. The highest BCUT2D eigenvalue weighted by Gasteiger charge is 2.16. The smallest absolute Gasteiger partial charge is 0.191 e. The van der Waals surface area contributed by atoms with Crippen LogP contribution in [0.3, 0.4) is 0 Å². The standard InChI is InChI=1S/C16H22N6S.HI/c1-17-16(18-9-11-23-13-6-3-2-4-7-13)19-12-15-21-20-14-8-5-10-22(14)15;/h2-4,6-7H,5,8-12H2,1H3,(H2,17,18,19);1H. The number of hydrogen-bond donors (Lipinski definition) is 2. The molecule has 2 N–H and O–H groups in total. The van der Waals surface area contributed by atoms with Crippen molar-refractivity contribution in [2.24, 2.45) is 4.99 Å². The van der Waals surface area contributed by atoms with Gasteiger partial charge in [0.15, 0.2) is 11.8 Å². The Balaban J connectivity index is 0.00000208. The number of hydrogen-bond acceptors (Lipinski definition) is 4. The molecule has 1 aliphatic heterocycles. The monoisotopic (exact) mass is 458 g/mol. The molecule has 0 saturated heterocycles. The first kappa shape index (κ1) is 19.0. The lowest BCUT2D eigenvalue weighted by atomic mass is 10.4. The number of fused-ring (bicyclic) bond motifs is 1. The van der Waals surface area contributed by atoms with Crippen LogP contribution in [0, 0.1) is 0 Å². The summed E-state index contributed by atoms with van der Waals surface area (Å²) in [5, 5.41) is 15.1. The molecule has 1 aromatic heterocycles. The van der Waals surface area contributed by atoms with E-state index >= 15 is 0 Å². The lowest BCUT2D eigenvalue weighted by molar-refractivity contribution is 0.664. The maximum atomic E-state index is 4.25. The van der Waals surface area contributed by atoms with Gasteiger partial charge in [0.2, 0.25) is 0 Å². The van der Waals surface area contributed by atoms with Crippen LogP contribution in [0.4, 0.5) is 0 Å². The first-order valence-corrected chi connectivity index (χ1v) is 8.88. The molecule has 1 aromatic carbocycles. The molecule has 130 valence electrons. The summed E-state index contributed by atoms with van der Waals surface area (Å²) in [6, 6.07) is 10.4. The van der Waals surface area contributed by atoms with Crippen molar-refractivity contribution in [1.29, 1.82) is 0 Å². The second kappa shape index (κ2) is 9.87. The fourth-order valence-electron chi connectivity index (χ4n) is 2.58. The minimum atomic E-state index is 0. The third kappa shape index (κ3) is 5.10. The zero-order valence-electron chi connectivity index (χ0n) is 13.7. The number of guanidine groups is 1. The molecule has 24 heavy (non-hydrogen) atoms. The van der Waals surface area contributed by atoms with Crippen LogP contribution < -0.4 is 10.6 Å². The van der Waals surface area contributed by atoms with Gasteiger partial charge in [-0.05, 0) is 18.6 Å². The second-order valence-electron chi connectivity index (χ2n) is 5.30. The summed E-state index contributed by atoms with van der Waals surface area (Å²) in [5.41, 5.74) is 0. The fraction of sp³-hybridized carbons (Fsp3) is 0.438. The summed E-state index contributed by atoms with van der Waals surface area (Å²) < 4.78 is 2.20. The summed E-state index contributed by atoms with van der Waals surface area (Å²) >= 11 is 1.83. The quantitative estimate of drug-likeness (QED) is 0.229. The number of benzene rings is 1. The van der Waals surface area contributed by atoms with Gasteiger partial charge in [0.05, 0.1) is 6.54 Å². The lowest BCUT2D eigenvalue weighted by Gasteiger charge is -2.11. The lowest BCUT2D eigenvalue weighted by Crippen LogP contribution is -2.38. The highest BCUT2D eigenvalue weighted by Crippen LogP contribution is 2.16. The van der Waals surface area contributed by atoms with E-state index in [2.05, 4.69) is 54.7 Å². The molecular formula is C16H23IN6S. The largest absolute Gasteiger partial charge is 0.356 e. The highest BCUT2D eigenvalue weighted by atomic mass is 127. The number of aromatic nitrogens is 3. The van der Waals surface area contributed by atoms with Gasteiger partial charge in [-0.1, -0.05) is 18.2 Å². The van der Waals surface area contributed by atoms with Crippen molar-refractivity contribution in [1.82, 2.24) is 25.4 Å². The van der Waals surface area contributed by atoms with Crippen LogP contribution >= 0.6 is 35.7 Å². The molecule has 3 rings (SSSR count). The molecular weight excluding hydrogens is 435 g/mol. The van der Waals surface area contributed by atoms with E-state index in [1.54, 1.807) is 7.05 Å². The predicted molar refractivity (Wildman–Crippen MR) is 109 cm³/mol. The molecule has 0 spiro atoms. The van der Waals surface area contributed by atoms with E-state index in [0.29, 0.717) is 6.54 Å². The molecule has 0 radical (unpaired) electrons. The SMILES string of the molecule is CN=C(NCCSc1ccccc1)NCc1nnc2n1CCC2.I. The van der Waals surface area contributed by atoms with Crippen LogP contribution in [0.5, 0.6) is 0 Å². The Labute approximate surface area is 163 Å². The summed E-state index contributed by atoms with van der Waals surface area (Å²) in [6.45, 7) is 2.54. The van der Waals surface area contributed by atoms with Crippen molar-refractivity contribution in [3.05, 3.63) is 42.0 Å². The minimum Gasteiger partial charge on any atom is -0.356 e. The Hall–Kier alpha value is -1.29. The van der Waals surface area contributed by atoms with Crippen molar-refractivity contribution in [2.45, 2.75) is 30.8 Å². The van der Waals surface area contributed by atoms with Gasteiger partial charge in [0.25, 0.3) is 0 Å². The topological polar surface area (TPSA) is 67.1 Å². The third-order valence-electron chi connectivity index (χ3n) is 3.73. The number of nitrogens with one attached hydrogen (secondary N) is 2. The number of nitrogens with zero attached hydrogens (tertiary/aromatic N) is 4. The number of thioether (sulfide) groups is 1. The van der Waals surface area contributed by atoms with Gasteiger partial charge >= 0.3 is 0 Å². The summed E-state index contributed by atoms with van der Waals surface area (Å²) in [7, 11) is 1.79. The van der Waals surface area contributed by atoms with E-state index in [-0.39, 0.29) is 24.0 Å². The average Bonchev–Trinajstić information content (AvgIpc) is 3.19. The van der Waals surface area contributed by atoms with E-state index in [4.69, 9.17) is 0 Å². The molecule has 0 aliphatic carbocycles. The van der Waals surface area contributed by atoms with Crippen molar-refractivity contribution in [3.8, 4) is 0 Å². The molecule has 6 nitrogen and oxygen atoms in total. The van der Waals surface area contributed by atoms with Gasteiger partial charge in [0, 0.05) is 37.2 Å². The number of halogens is 1. The molecule has 0 atom stereocenters. The maximum Gasteiger partial charge on any atom is 0.191 e. The zero-order chi connectivity index (χ0) is 15.9. The second-order valence-corrected chi connectivity index (χ2v) is 6.47. The molecule has 8 heteroatoms. The highest BCUT2D eigenvalue weighted by molar-refractivity contribution is 14.0. The molecule has 0 unspecified atom stereocenters. The van der Waals surface area contributed by atoms with Gasteiger partial charge in [-0.3, -0.25) is 4.99 Å². The summed E-state index contributed by atoms with van der Waals surface area (Å²) in [5.74, 6) is 3.88. The van der Waals surface area contributed by atoms with E-state index in [9.17, 15) is 0 Å². The maximum absolute atomic E-state index is 4.25. The van der Waals surface area contributed by atoms with Gasteiger partial charge < -0.3 is 15.2 Å². The minimum absolute atomic E-state index is 0. The van der Waals surface area contributed by atoms with Gasteiger partial charge in [-0.2, -0.15) is 0 Å². The van der Waals surface area contributed by atoms with Crippen LogP contribution in [-0.4, -0.2) is 40.1 Å². The van der Waals surface area contributed by atoms with Crippen LogP contribution in [0.1, 0.15) is 18.1 Å². The molecule has 0 bridgehead atoms. The van der Waals surface area contributed by atoms with Crippen LogP contribution in [-0.2, 0) is 19.5 Å². The normalized spacial score (nSPS) is 13.3. The fourth-order valence-corrected chi connectivity index (χ4v) is 3.37. The zero-order valence-corrected chi connectivity index (χ0v) is 16.9. The Morgan fingerprint density at radius 2 is 2.08 bits per heavy atom. The van der Waals surface area contributed by atoms with Crippen LogP contribution in [0.2, 0.25) is 0 Å². The van der Waals surface area contributed by atoms with Crippen molar-refractivity contribution < 1.29 is 0 Å². The average molecular weight is 458 g/mol. The molecule has 0 saturated carbocycles. The van der Waals surface area contributed by atoms with Crippen LogP contribution in [0.15, 0.2) is 40.2 Å². The molecule has 0 amide bonds. The Kier molecular flexibility index (Phi) is 7.83. The first-order chi connectivity index (χ1) is 11.4. The van der Waals surface area contributed by atoms with E-state index in [1.165, 1.54) is 11.3 Å². The summed E-state index contributed by atoms with van der Waals surface area (Å²) in [4.78, 5) is 5.54. The van der Waals surface area contributed by atoms with Gasteiger partial charge in [-0.25, -0.2) is 0 Å².